The number of piperazine rings is 1. The van der Waals surface area contributed by atoms with Crippen LogP contribution in [-0.2, 0) is 12.1 Å². The van der Waals surface area contributed by atoms with Crippen molar-refractivity contribution in [2.75, 3.05) is 31.5 Å². The van der Waals surface area contributed by atoms with Gasteiger partial charge in [-0.2, -0.15) is 5.10 Å². The van der Waals surface area contributed by atoms with Crippen molar-refractivity contribution in [2.45, 2.75) is 51.7 Å². The largest absolute Gasteiger partial charge is 0.322 e. The highest BCUT2D eigenvalue weighted by Crippen LogP contribution is 2.41. The van der Waals surface area contributed by atoms with Crippen LogP contribution in [0, 0.1) is 5.92 Å². The Morgan fingerprint density at radius 2 is 2.06 bits per heavy atom. The van der Waals surface area contributed by atoms with Gasteiger partial charge in [-0.1, -0.05) is 6.07 Å². The van der Waals surface area contributed by atoms with E-state index in [9.17, 15) is 9.59 Å². The van der Waals surface area contributed by atoms with Gasteiger partial charge in [-0.25, -0.2) is 4.79 Å². The fourth-order valence-electron chi connectivity index (χ4n) is 4.84. The lowest BCUT2D eigenvalue weighted by Gasteiger charge is -2.43. The van der Waals surface area contributed by atoms with Crippen LogP contribution in [-0.4, -0.2) is 74.0 Å². The van der Waals surface area contributed by atoms with Crippen LogP contribution in [0.3, 0.4) is 0 Å². The smallest absolute Gasteiger partial charge is 0.321 e. The Balaban J connectivity index is 1.28. The summed E-state index contributed by atoms with van der Waals surface area (Å²) in [6.45, 7) is 10.2. The molecule has 4 heterocycles. The minimum atomic E-state index is -0.540. The summed E-state index contributed by atoms with van der Waals surface area (Å²) in [7, 11) is 0. The first-order chi connectivity index (χ1) is 15.3. The first kappa shape index (κ1) is 20.9. The van der Waals surface area contributed by atoms with Crippen molar-refractivity contribution in [1.29, 1.82) is 0 Å². The molecule has 1 aliphatic carbocycles. The number of H-pyrrole nitrogens is 1. The summed E-state index contributed by atoms with van der Waals surface area (Å²) in [5.74, 6) is 0.999. The molecule has 2 aliphatic heterocycles. The average molecular weight is 438 g/mol. The third-order valence-electron chi connectivity index (χ3n) is 7.06. The SMILES string of the molecule is CC1CN(C(=O)N2Cc3c(NC(=O)c4ccccn4)n[nH]c3C2(C)C)CCN1CC1CC1. The molecule has 2 aromatic rings. The van der Waals surface area contributed by atoms with E-state index in [2.05, 4.69) is 32.3 Å². The number of hydrogen-bond acceptors (Lipinski definition) is 5. The van der Waals surface area contributed by atoms with Crippen molar-refractivity contribution in [3.63, 3.8) is 0 Å². The van der Waals surface area contributed by atoms with Gasteiger partial charge in [0.25, 0.3) is 5.91 Å². The Morgan fingerprint density at radius 1 is 1.25 bits per heavy atom. The van der Waals surface area contributed by atoms with Gasteiger partial charge < -0.3 is 15.1 Å². The molecule has 0 aromatic carbocycles. The minimum absolute atomic E-state index is 0.0412. The van der Waals surface area contributed by atoms with Crippen LogP contribution in [0.5, 0.6) is 0 Å². The quantitative estimate of drug-likeness (QED) is 0.766. The molecule has 9 heteroatoms. The summed E-state index contributed by atoms with van der Waals surface area (Å²) in [5, 5.41) is 10.2. The van der Waals surface area contributed by atoms with Crippen molar-refractivity contribution < 1.29 is 9.59 Å². The number of pyridine rings is 1. The fourth-order valence-corrected chi connectivity index (χ4v) is 4.84. The first-order valence-electron chi connectivity index (χ1n) is 11.4. The Morgan fingerprint density at radius 3 is 2.75 bits per heavy atom. The number of hydrogen-bond donors (Lipinski definition) is 2. The monoisotopic (exact) mass is 437 g/mol. The maximum atomic E-state index is 13.5. The standard InChI is InChI=1S/C23H31N7O2/c1-15-12-29(11-10-28(15)13-16-7-8-16)22(32)30-14-17-19(23(30,2)3)26-27-20(17)25-21(31)18-6-4-5-9-24-18/h4-6,9,15-16H,7-8,10-14H2,1-3H3,(H2,25,26,27,31). The zero-order chi connectivity index (χ0) is 22.5. The first-order valence-corrected chi connectivity index (χ1v) is 11.4. The topological polar surface area (TPSA) is 97.5 Å². The van der Waals surface area contributed by atoms with Gasteiger partial charge in [0, 0.05) is 44.0 Å². The predicted molar refractivity (Wildman–Crippen MR) is 120 cm³/mol. The maximum absolute atomic E-state index is 13.5. The van der Waals surface area contributed by atoms with Crippen molar-refractivity contribution in [2.24, 2.45) is 5.92 Å². The lowest BCUT2D eigenvalue weighted by atomic mass is 10.0. The highest BCUT2D eigenvalue weighted by molar-refractivity contribution is 6.02. The number of amides is 3. The van der Waals surface area contributed by atoms with Gasteiger partial charge in [-0.05, 0) is 51.7 Å². The molecule has 0 radical (unpaired) electrons. The van der Waals surface area contributed by atoms with Crippen molar-refractivity contribution in [3.8, 4) is 0 Å². The Hall–Kier alpha value is -2.94. The van der Waals surface area contributed by atoms with Gasteiger partial charge in [0.05, 0.1) is 17.8 Å². The van der Waals surface area contributed by atoms with E-state index in [0.29, 0.717) is 24.1 Å². The van der Waals surface area contributed by atoms with Crippen molar-refractivity contribution in [3.05, 3.63) is 41.3 Å². The molecule has 2 fully saturated rings. The minimum Gasteiger partial charge on any atom is -0.322 e. The Kier molecular flexibility index (Phi) is 5.16. The summed E-state index contributed by atoms with van der Waals surface area (Å²) in [4.78, 5) is 36.6. The third kappa shape index (κ3) is 3.74. The lowest BCUT2D eigenvalue weighted by Crippen LogP contribution is -2.58. The number of aromatic amines is 1. The molecule has 2 aromatic heterocycles. The van der Waals surface area contributed by atoms with E-state index < -0.39 is 5.54 Å². The molecule has 3 amide bonds. The van der Waals surface area contributed by atoms with Crippen LogP contribution in [0.15, 0.2) is 24.4 Å². The number of anilines is 1. The summed E-state index contributed by atoms with van der Waals surface area (Å²) >= 11 is 0. The van der Waals surface area contributed by atoms with Gasteiger partial charge in [-0.15, -0.1) is 0 Å². The second-order valence-electron chi connectivity index (χ2n) is 9.76. The summed E-state index contributed by atoms with van der Waals surface area (Å²) in [5.41, 5.74) is 1.50. The second kappa shape index (κ2) is 7.88. The Labute approximate surface area is 188 Å². The number of urea groups is 1. The van der Waals surface area contributed by atoms with E-state index in [0.717, 1.165) is 43.4 Å². The molecule has 1 atom stereocenters. The van der Waals surface area contributed by atoms with Crippen molar-refractivity contribution >= 4 is 17.8 Å². The van der Waals surface area contributed by atoms with E-state index in [1.165, 1.54) is 12.8 Å². The van der Waals surface area contributed by atoms with E-state index >= 15 is 0 Å². The fraction of sp³-hybridized carbons (Fsp3) is 0.565. The molecule has 0 bridgehead atoms. The number of nitrogens with zero attached hydrogens (tertiary/aromatic N) is 5. The van der Waals surface area contributed by atoms with E-state index in [1.54, 1.807) is 24.4 Å². The normalized spacial score (nSPS) is 22.7. The molecule has 1 saturated heterocycles. The van der Waals surface area contributed by atoms with Crippen LogP contribution in [0.25, 0.3) is 0 Å². The van der Waals surface area contributed by atoms with Gasteiger partial charge in [-0.3, -0.25) is 19.8 Å². The van der Waals surface area contributed by atoms with Gasteiger partial charge in [0.15, 0.2) is 5.82 Å². The lowest BCUT2D eigenvalue weighted by molar-refractivity contribution is 0.0599. The maximum Gasteiger partial charge on any atom is 0.321 e. The van der Waals surface area contributed by atoms with E-state index in [1.807, 2.05) is 23.6 Å². The van der Waals surface area contributed by atoms with Crippen LogP contribution in [0.2, 0.25) is 0 Å². The number of fused-ring (bicyclic) bond motifs is 1. The highest BCUT2D eigenvalue weighted by atomic mass is 16.2. The summed E-state index contributed by atoms with van der Waals surface area (Å²) in [6, 6.07) is 5.60. The number of aromatic nitrogens is 3. The number of nitrogens with one attached hydrogen (secondary N) is 2. The molecule has 9 nitrogen and oxygen atoms in total. The molecule has 1 unspecified atom stereocenters. The summed E-state index contributed by atoms with van der Waals surface area (Å²) < 4.78 is 0. The number of rotatable bonds is 4. The van der Waals surface area contributed by atoms with Gasteiger partial charge in [0.1, 0.15) is 5.69 Å². The highest BCUT2D eigenvalue weighted by Gasteiger charge is 2.46. The Bertz CT molecular complexity index is 1010. The molecule has 1 saturated carbocycles. The average Bonchev–Trinajstić information content (AvgIpc) is 3.44. The molecule has 5 rings (SSSR count). The molecule has 170 valence electrons. The summed E-state index contributed by atoms with van der Waals surface area (Å²) in [6.07, 6.45) is 4.27. The zero-order valence-electron chi connectivity index (χ0n) is 19.0. The van der Waals surface area contributed by atoms with Crippen LogP contribution < -0.4 is 5.32 Å². The molecule has 3 aliphatic rings. The molecular weight excluding hydrogens is 406 g/mol. The van der Waals surface area contributed by atoms with Crippen LogP contribution >= 0.6 is 0 Å². The van der Waals surface area contributed by atoms with Crippen LogP contribution in [0.1, 0.15) is 55.4 Å². The third-order valence-corrected chi connectivity index (χ3v) is 7.06. The van der Waals surface area contributed by atoms with Crippen molar-refractivity contribution in [1.82, 2.24) is 29.9 Å². The zero-order valence-corrected chi connectivity index (χ0v) is 19.0. The molecular formula is C23H31N7O2. The second-order valence-corrected chi connectivity index (χ2v) is 9.76. The van der Waals surface area contributed by atoms with E-state index in [4.69, 9.17) is 0 Å². The van der Waals surface area contributed by atoms with Gasteiger partial charge in [0.2, 0.25) is 0 Å². The molecule has 32 heavy (non-hydrogen) atoms. The molecule has 0 spiro atoms. The van der Waals surface area contributed by atoms with Gasteiger partial charge >= 0.3 is 6.03 Å². The van der Waals surface area contributed by atoms with Crippen LogP contribution in [0.4, 0.5) is 10.6 Å². The number of carbonyl (C=O) groups is 2. The molecule has 2 N–H and O–H groups in total. The predicted octanol–water partition coefficient (Wildman–Crippen LogP) is 2.64. The van der Waals surface area contributed by atoms with E-state index in [-0.39, 0.29) is 11.9 Å². The number of carbonyl (C=O) groups excluding carboxylic acids is 2.